The van der Waals surface area contributed by atoms with Crippen LogP contribution >= 0.6 is 0 Å². The molecule has 1 N–H and O–H groups in total. The van der Waals surface area contributed by atoms with E-state index in [0.717, 1.165) is 12.1 Å². The highest BCUT2D eigenvalue weighted by Gasteiger charge is 2.38. The van der Waals surface area contributed by atoms with Crippen LogP contribution in [0.5, 0.6) is 5.75 Å². The van der Waals surface area contributed by atoms with Gasteiger partial charge >= 0.3 is 6.18 Å². The van der Waals surface area contributed by atoms with Crippen molar-refractivity contribution < 1.29 is 27.5 Å². The third-order valence-corrected chi connectivity index (χ3v) is 5.83. The number of benzene rings is 2. The number of hydrogen-bond acceptors (Lipinski definition) is 4. The number of rotatable bonds is 6. The van der Waals surface area contributed by atoms with Gasteiger partial charge in [-0.05, 0) is 24.3 Å². The summed E-state index contributed by atoms with van der Waals surface area (Å²) in [4.78, 5) is 31.4. The standard InChI is InChI=1S/C24H23F3N4O3/c1-30-11-10-28-22(30)21(18-8-3-4-9-19(18)34-2)29-23(33)15-12-20(32)31(14-15)17-7-5-6-16(13-17)24(25,26)27/h3-11,13,15,21H,12,14H2,1-2H3,(H,29,33)/t15-,21+/m1/s1. The zero-order valence-electron chi connectivity index (χ0n) is 18.5. The van der Waals surface area contributed by atoms with Gasteiger partial charge in [0.2, 0.25) is 11.8 Å². The predicted octanol–water partition coefficient (Wildman–Crippen LogP) is 3.71. The number of nitrogens with zero attached hydrogens (tertiary/aromatic N) is 3. The summed E-state index contributed by atoms with van der Waals surface area (Å²) >= 11 is 0. The van der Waals surface area contributed by atoms with Gasteiger partial charge in [0.25, 0.3) is 0 Å². The number of imidazole rings is 1. The molecular weight excluding hydrogens is 449 g/mol. The molecule has 2 heterocycles. The van der Waals surface area contributed by atoms with Crippen LogP contribution in [-0.2, 0) is 22.8 Å². The third-order valence-electron chi connectivity index (χ3n) is 5.83. The molecule has 7 nitrogen and oxygen atoms in total. The van der Waals surface area contributed by atoms with Gasteiger partial charge < -0.3 is 19.5 Å². The van der Waals surface area contributed by atoms with Crippen LogP contribution in [0.25, 0.3) is 0 Å². The summed E-state index contributed by atoms with van der Waals surface area (Å²) in [5, 5.41) is 2.96. The lowest BCUT2D eigenvalue weighted by Crippen LogP contribution is -2.37. The fourth-order valence-electron chi connectivity index (χ4n) is 4.08. The van der Waals surface area contributed by atoms with Crippen molar-refractivity contribution in [2.24, 2.45) is 13.0 Å². The molecule has 2 amide bonds. The predicted molar refractivity (Wildman–Crippen MR) is 118 cm³/mol. The fraction of sp³-hybridized carbons (Fsp3) is 0.292. The number of halogens is 3. The van der Waals surface area contributed by atoms with Crippen LogP contribution < -0.4 is 15.0 Å². The molecule has 0 bridgehead atoms. The molecule has 0 aliphatic carbocycles. The maximum Gasteiger partial charge on any atom is 0.416 e. The van der Waals surface area contributed by atoms with Gasteiger partial charge in [-0.1, -0.05) is 24.3 Å². The minimum atomic E-state index is -4.53. The number of hydrogen-bond donors (Lipinski definition) is 1. The van der Waals surface area contributed by atoms with Crippen molar-refractivity contribution in [1.29, 1.82) is 0 Å². The molecule has 4 rings (SSSR count). The lowest BCUT2D eigenvalue weighted by Gasteiger charge is -2.23. The van der Waals surface area contributed by atoms with Crippen LogP contribution in [0.1, 0.15) is 29.4 Å². The Morgan fingerprint density at radius 3 is 2.65 bits per heavy atom. The lowest BCUT2D eigenvalue weighted by atomic mass is 10.0. The van der Waals surface area contributed by atoms with Gasteiger partial charge in [-0.25, -0.2) is 4.98 Å². The Hall–Kier alpha value is -3.82. The Bertz CT molecular complexity index is 1210. The first-order valence-electron chi connectivity index (χ1n) is 10.6. The van der Waals surface area contributed by atoms with E-state index in [9.17, 15) is 22.8 Å². The summed E-state index contributed by atoms with van der Waals surface area (Å²) in [5.74, 6) is -0.424. The number of aromatic nitrogens is 2. The monoisotopic (exact) mass is 472 g/mol. The number of carbonyl (C=O) groups excluding carboxylic acids is 2. The van der Waals surface area contributed by atoms with E-state index in [1.807, 2.05) is 18.2 Å². The first-order chi connectivity index (χ1) is 16.2. The van der Waals surface area contributed by atoms with Crippen molar-refractivity contribution in [3.63, 3.8) is 0 Å². The molecule has 178 valence electrons. The number of carbonyl (C=O) groups is 2. The largest absolute Gasteiger partial charge is 0.496 e. The number of amides is 2. The van der Waals surface area contributed by atoms with Crippen LogP contribution in [0, 0.1) is 5.92 Å². The molecule has 3 aromatic rings. The maximum absolute atomic E-state index is 13.2. The van der Waals surface area contributed by atoms with Gasteiger partial charge in [-0.3, -0.25) is 9.59 Å². The molecule has 0 unspecified atom stereocenters. The van der Waals surface area contributed by atoms with Crippen LogP contribution in [0.4, 0.5) is 18.9 Å². The molecule has 2 atom stereocenters. The van der Waals surface area contributed by atoms with E-state index in [-0.39, 0.29) is 18.7 Å². The Morgan fingerprint density at radius 1 is 1.21 bits per heavy atom. The van der Waals surface area contributed by atoms with E-state index in [4.69, 9.17) is 4.74 Å². The average molecular weight is 472 g/mol. The normalized spacial score (nSPS) is 17.0. The van der Waals surface area contributed by atoms with Crippen molar-refractivity contribution in [3.05, 3.63) is 77.9 Å². The average Bonchev–Trinajstić information content (AvgIpc) is 3.42. The summed E-state index contributed by atoms with van der Waals surface area (Å²) in [7, 11) is 3.32. The van der Waals surface area contributed by atoms with E-state index in [1.165, 1.54) is 24.1 Å². The molecule has 0 radical (unpaired) electrons. The molecule has 1 aliphatic heterocycles. The second-order valence-corrected chi connectivity index (χ2v) is 8.03. The van der Waals surface area contributed by atoms with Crippen molar-refractivity contribution in [2.75, 3.05) is 18.6 Å². The number of ether oxygens (including phenoxy) is 1. The molecule has 0 saturated carbocycles. The second-order valence-electron chi connectivity index (χ2n) is 8.03. The first kappa shape index (κ1) is 23.3. The summed E-state index contributed by atoms with van der Waals surface area (Å²) < 4.78 is 46.5. The van der Waals surface area contributed by atoms with Crippen LogP contribution in [0.3, 0.4) is 0 Å². The molecule has 2 aromatic carbocycles. The number of nitrogens with one attached hydrogen (secondary N) is 1. The lowest BCUT2D eigenvalue weighted by molar-refractivity contribution is -0.137. The first-order valence-corrected chi connectivity index (χ1v) is 10.6. The summed E-state index contributed by atoms with van der Waals surface area (Å²) in [6.07, 6.45) is -1.28. The molecule has 1 fully saturated rings. The van der Waals surface area contributed by atoms with Crippen LogP contribution in [0.2, 0.25) is 0 Å². The maximum atomic E-state index is 13.2. The van der Waals surface area contributed by atoms with E-state index in [2.05, 4.69) is 10.3 Å². The van der Waals surface area contributed by atoms with Gasteiger partial charge in [-0.15, -0.1) is 0 Å². The highest BCUT2D eigenvalue weighted by molar-refractivity contribution is 6.00. The highest BCUT2D eigenvalue weighted by atomic mass is 19.4. The Morgan fingerprint density at radius 2 is 1.97 bits per heavy atom. The van der Waals surface area contributed by atoms with E-state index >= 15 is 0 Å². The fourth-order valence-corrected chi connectivity index (χ4v) is 4.08. The van der Waals surface area contributed by atoms with Crippen LogP contribution in [-0.4, -0.2) is 35.0 Å². The highest BCUT2D eigenvalue weighted by Crippen LogP contribution is 2.34. The van der Waals surface area contributed by atoms with Crippen molar-refractivity contribution in [2.45, 2.75) is 18.6 Å². The molecule has 0 spiro atoms. The number of aryl methyl sites for hydroxylation is 1. The van der Waals surface area contributed by atoms with Gasteiger partial charge in [-0.2, -0.15) is 13.2 Å². The van der Waals surface area contributed by atoms with Gasteiger partial charge in [0.15, 0.2) is 0 Å². The topological polar surface area (TPSA) is 76.5 Å². The molecule has 1 aromatic heterocycles. The minimum Gasteiger partial charge on any atom is -0.496 e. The van der Waals surface area contributed by atoms with Gasteiger partial charge in [0.05, 0.1) is 18.6 Å². The van der Waals surface area contributed by atoms with E-state index in [0.29, 0.717) is 17.1 Å². The molecule has 1 aliphatic rings. The Kier molecular flexibility index (Phi) is 6.32. The van der Waals surface area contributed by atoms with Gasteiger partial charge in [0, 0.05) is 43.7 Å². The van der Waals surface area contributed by atoms with E-state index < -0.39 is 35.5 Å². The molecule has 10 heteroatoms. The summed E-state index contributed by atoms with van der Waals surface area (Å²) in [6.45, 7) is -0.0226. The van der Waals surface area contributed by atoms with Gasteiger partial charge in [0.1, 0.15) is 17.6 Å². The minimum absolute atomic E-state index is 0.0226. The quantitative estimate of drug-likeness (QED) is 0.594. The molecule has 1 saturated heterocycles. The zero-order chi connectivity index (χ0) is 24.5. The summed E-state index contributed by atoms with van der Waals surface area (Å²) in [5.41, 5.74) is -0.0519. The Labute approximate surface area is 194 Å². The van der Waals surface area contributed by atoms with Crippen molar-refractivity contribution in [3.8, 4) is 5.75 Å². The summed E-state index contributed by atoms with van der Waals surface area (Å²) in [6, 6.07) is 11.1. The zero-order valence-corrected chi connectivity index (χ0v) is 18.5. The van der Waals surface area contributed by atoms with Crippen molar-refractivity contribution >= 4 is 17.5 Å². The number of anilines is 1. The SMILES string of the molecule is COc1ccccc1[C@H](NC(=O)[C@@H]1CC(=O)N(c2cccc(C(F)(F)F)c2)C1)c1nccn1C. The Balaban J connectivity index is 1.58. The number of alkyl halides is 3. The van der Waals surface area contributed by atoms with Crippen LogP contribution in [0.15, 0.2) is 60.9 Å². The third kappa shape index (κ3) is 4.61. The number of methoxy groups -OCH3 is 1. The number of para-hydroxylation sites is 1. The van der Waals surface area contributed by atoms with Crippen molar-refractivity contribution in [1.82, 2.24) is 14.9 Å². The molecule has 34 heavy (non-hydrogen) atoms. The second kappa shape index (κ2) is 9.20. The molecular formula is C24H23F3N4O3. The van der Waals surface area contributed by atoms with E-state index in [1.54, 1.807) is 30.1 Å². The smallest absolute Gasteiger partial charge is 0.416 e.